The number of ketones is 2. The molecule has 0 bridgehead atoms. The number of ether oxygens (including phenoxy) is 3. The Morgan fingerprint density at radius 3 is 2.03 bits per heavy atom. The van der Waals surface area contributed by atoms with Crippen molar-refractivity contribution in [1.29, 1.82) is 0 Å². The van der Waals surface area contributed by atoms with Crippen LogP contribution in [0, 0.1) is 0 Å². The Balaban J connectivity index is 1.31. The molecule has 0 saturated heterocycles. The zero-order valence-corrected chi connectivity index (χ0v) is 17.2. The molecular formula is C24H15F2NO7. The lowest BCUT2D eigenvalue weighted by Crippen LogP contribution is -2.25. The van der Waals surface area contributed by atoms with E-state index in [4.69, 9.17) is 4.74 Å². The zero-order chi connectivity index (χ0) is 24.3. The number of alkyl halides is 2. The standard InChI is InChI=1S/C24H15F2NO7/c25-24(26)33-18-11-10-17(12-19(18)34-24)27-20(28)13-32-23(31)16-8-6-15(7-9-16)22(30)21(29)14-4-2-1-3-5-14/h1-12H,13H2,(H,27,28). The lowest BCUT2D eigenvalue weighted by Gasteiger charge is -2.08. The van der Waals surface area contributed by atoms with Gasteiger partial charge in [0.1, 0.15) is 0 Å². The molecule has 172 valence electrons. The van der Waals surface area contributed by atoms with E-state index >= 15 is 0 Å². The van der Waals surface area contributed by atoms with Gasteiger partial charge in [0.2, 0.25) is 11.6 Å². The van der Waals surface area contributed by atoms with Gasteiger partial charge >= 0.3 is 12.3 Å². The number of anilines is 1. The Labute approximate surface area is 191 Å². The molecule has 8 nitrogen and oxygen atoms in total. The molecule has 0 spiro atoms. The SMILES string of the molecule is O=C(COC(=O)c1ccc(C(=O)C(=O)c2ccccc2)cc1)Nc1ccc2c(c1)OC(F)(F)O2. The number of hydrogen-bond acceptors (Lipinski definition) is 7. The van der Waals surface area contributed by atoms with Gasteiger partial charge in [-0.3, -0.25) is 14.4 Å². The summed E-state index contributed by atoms with van der Waals surface area (Å²) in [7, 11) is 0. The zero-order valence-electron chi connectivity index (χ0n) is 17.2. The minimum absolute atomic E-state index is 0.0572. The summed E-state index contributed by atoms with van der Waals surface area (Å²) in [6, 6.07) is 16.9. The van der Waals surface area contributed by atoms with Gasteiger partial charge in [0, 0.05) is 22.9 Å². The molecule has 0 atom stereocenters. The fourth-order valence-corrected chi connectivity index (χ4v) is 3.05. The molecule has 0 aliphatic carbocycles. The average molecular weight is 467 g/mol. The second kappa shape index (κ2) is 9.10. The van der Waals surface area contributed by atoms with E-state index in [0.29, 0.717) is 0 Å². The van der Waals surface area contributed by atoms with Gasteiger partial charge in [-0.2, -0.15) is 0 Å². The number of benzene rings is 3. The molecule has 3 aromatic rings. The van der Waals surface area contributed by atoms with Crippen molar-refractivity contribution in [3.8, 4) is 11.5 Å². The Morgan fingerprint density at radius 1 is 0.765 bits per heavy atom. The summed E-state index contributed by atoms with van der Waals surface area (Å²) < 4.78 is 39.6. The van der Waals surface area contributed by atoms with Crippen LogP contribution in [0.1, 0.15) is 31.1 Å². The molecule has 10 heteroatoms. The van der Waals surface area contributed by atoms with Gasteiger partial charge in [-0.1, -0.05) is 42.5 Å². The maximum absolute atomic E-state index is 13.1. The molecule has 34 heavy (non-hydrogen) atoms. The topological polar surface area (TPSA) is 108 Å². The van der Waals surface area contributed by atoms with Gasteiger partial charge in [-0.05, 0) is 24.3 Å². The van der Waals surface area contributed by atoms with Crippen LogP contribution in [0.4, 0.5) is 14.5 Å². The Kier molecular flexibility index (Phi) is 6.05. The van der Waals surface area contributed by atoms with Crippen molar-refractivity contribution in [2.24, 2.45) is 0 Å². The largest absolute Gasteiger partial charge is 0.586 e. The fourth-order valence-electron chi connectivity index (χ4n) is 3.05. The molecule has 1 aliphatic rings. The van der Waals surface area contributed by atoms with Crippen LogP contribution in [0.3, 0.4) is 0 Å². The van der Waals surface area contributed by atoms with Crippen LogP contribution in [0.15, 0.2) is 72.8 Å². The van der Waals surface area contributed by atoms with E-state index in [1.165, 1.54) is 48.5 Å². The highest BCUT2D eigenvalue weighted by molar-refractivity contribution is 6.49. The third-order valence-electron chi connectivity index (χ3n) is 4.64. The number of nitrogens with one attached hydrogen (secondary N) is 1. The van der Waals surface area contributed by atoms with Crippen LogP contribution < -0.4 is 14.8 Å². The molecule has 4 rings (SSSR count). The van der Waals surface area contributed by atoms with Crippen molar-refractivity contribution in [2.75, 3.05) is 11.9 Å². The number of halogens is 2. The van der Waals surface area contributed by atoms with Gasteiger partial charge < -0.3 is 19.5 Å². The van der Waals surface area contributed by atoms with E-state index in [2.05, 4.69) is 14.8 Å². The van der Waals surface area contributed by atoms with Gasteiger partial charge in [0.25, 0.3) is 5.91 Å². The van der Waals surface area contributed by atoms with Crippen LogP contribution in [-0.2, 0) is 9.53 Å². The lowest BCUT2D eigenvalue weighted by molar-refractivity contribution is -0.286. The average Bonchev–Trinajstić information content (AvgIpc) is 3.15. The minimum Gasteiger partial charge on any atom is -0.452 e. The minimum atomic E-state index is -3.78. The van der Waals surface area contributed by atoms with E-state index < -0.39 is 36.3 Å². The molecule has 0 aromatic heterocycles. The monoisotopic (exact) mass is 467 g/mol. The van der Waals surface area contributed by atoms with Crippen molar-refractivity contribution < 1.29 is 42.2 Å². The van der Waals surface area contributed by atoms with Crippen molar-refractivity contribution >= 4 is 29.1 Å². The highest BCUT2D eigenvalue weighted by Gasteiger charge is 2.43. The summed E-state index contributed by atoms with van der Waals surface area (Å²) in [5.74, 6) is -3.40. The predicted octanol–water partition coefficient (Wildman–Crippen LogP) is 3.87. The molecule has 1 amide bonds. The number of hydrogen-bond donors (Lipinski definition) is 1. The number of esters is 1. The first-order valence-corrected chi connectivity index (χ1v) is 9.83. The van der Waals surface area contributed by atoms with Crippen molar-refractivity contribution in [1.82, 2.24) is 0 Å². The quantitative estimate of drug-likeness (QED) is 0.319. The van der Waals surface area contributed by atoms with Crippen LogP contribution in [0.25, 0.3) is 0 Å². The molecule has 0 fully saturated rings. The fraction of sp³-hybridized carbons (Fsp3) is 0.0833. The number of fused-ring (bicyclic) bond motifs is 1. The third-order valence-corrected chi connectivity index (χ3v) is 4.64. The Bertz CT molecular complexity index is 1270. The Morgan fingerprint density at radius 2 is 1.35 bits per heavy atom. The summed E-state index contributed by atoms with van der Waals surface area (Å²) in [6.07, 6.45) is -3.78. The number of carbonyl (C=O) groups excluding carboxylic acids is 4. The normalized spacial score (nSPS) is 13.1. The molecule has 0 unspecified atom stereocenters. The molecule has 0 saturated carbocycles. The van der Waals surface area contributed by atoms with E-state index in [1.807, 2.05) is 0 Å². The smallest absolute Gasteiger partial charge is 0.452 e. The van der Waals surface area contributed by atoms with E-state index in [9.17, 15) is 28.0 Å². The van der Waals surface area contributed by atoms with Gasteiger partial charge in [-0.25, -0.2) is 4.79 Å². The summed E-state index contributed by atoms with van der Waals surface area (Å²) in [6.45, 7) is -0.656. The number of carbonyl (C=O) groups is 4. The lowest BCUT2D eigenvalue weighted by atomic mass is 10.0. The molecule has 1 heterocycles. The third kappa shape index (κ3) is 5.07. The molecule has 1 N–H and O–H groups in total. The van der Waals surface area contributed by atoms with Crippen molar-refractivity contribution in [2.45, 2.75) is 6.29 Å². The van der Waals surface area contributed by atoms with Crippen molar-refractivity contribution in [3.05, 3.63) is 89.5 Å². The van der Waals surface area contributed by atoms with Gasteiger partial charge in [0.15, 0.2) is 18.1 Å². The molecular weight excluding hydrogens is 452 g/mol. The second-order valence-electron chi connectivity index (χ2n) is 7.05. The first-order valence-electron chi connectivity index (χ1n) is 9.83. The maximum Gasteiger partial charge on any atom is 0.586 e. The van der Waals surface area contributed by atoms with Crippen LogP contribution in [0.5, 0.6) is 11.5 Å². The van der Waals surface area contributed by atoms with E-state index in [0.717, 1.165) is 6.07 Å². The summed E-state index contributed by atoms with van der Waals surface area (Å²) in [5, 5.41) is 2.38. The van der Waals surface area contributed by atoms with Crippen LogP contribution in [-0.4, -0.2) is 36.3 Å². The van der Waals surface area contributed by atoms with Gasteiger partial charge in [-0.15, -0.1) is 8.78 Å². The predicted molar refractivity (Wildman–Crippen MR) is 113 cm³/mol. The van der Waals surface area contributed by atoms with E-state index in [-0.39, 0.29) is 33.9 Å². The van der Waals surface area contributed by atoms with E-state index in [1.54, 1.807) is 18.2 Å². The Hall–Kier alpha value is -4.60. The highest BCUT2D eigenvalue weighted by Crippen LogP contribution is 2.42. The summed E-state index contributed by atoms with van der Waals surface area (Å²) in [4.78, 5) is 48.8. The van der Waals surface area contributed by atoms with Crippen LogP contribution >= 0.6 is 0 Å². The maximum atomic E-state index is 13.1. The molecule has 0 radical (unpaired) electrons. The number of rotatable bonds is 7. The second-order valence-corrected chi connectivity index (χ2v) is 7.05. The van der Waals surface area contributed by atoms with Gasteiger partial charge in [0.05, 0.1) is 5.56 Å². The molecule has 3 aromatic carbocycles. The van der Waals surface area contributed by atoms with Crippen LogP contribution in [0.2, 0.25) is 0 Å². The number of Topliss-reactive ketones (excluding diaryl/α,β-unsaturated/α-hetero) is 2. The summed E-state index contributed by atoms with van der Waals surface area (Å²) in [5.41, 5.74) is 0.531. The molecule has 1 aliphatic heterocycles. The van der Waals surface area contributed by atoms with Crippen molar-refractivity contribution in [3.63, 3.8) is 0 Å². The highest BCUT2D eigenvalue weighted by atomic mass is 19.3. The number of amides is 1. The first kappa shape index (κ1) is 22.6. The first-order chi connectivity index (χ1) is 16.2. The summed E-state index contributed by atoms with van der Waals surface area (Å²) >= 11 is 0.